The van der Waals surface area contributed by atoms with E-state index in [0.29, 0.717) is 6.42 Å². The van der Waals surface area contributed by atoms with Gasteiger partial charge in [-0.3, -0.25) is 4.79 Å². The first-order valence-electron chi connectivity index (χ1n) is 6.65. The molecule has 5 heteroatoms. The van der Waals surface area contributed by atoms with E-state index in [1.165, 1.54) is 0 Å². The molecule has 0 spiro atoms. The molecule has 0 bridgehead atoms. The molecule has 1 atom stereocenters. The zero-order valence-electron chi connectivity index (χ0n) is 12.2. The number of urea groups is 1. The monoisotopic (exact) mass is 273 g/mol. The Morgan fingerprint density at radius 2 is 2.05 bits per heavy atom. The highest BCUT2D eigenvalue weighted by Crippen LogP contribution is 2.21. The number of amides is 3. The second-order valence-electron chi connectivity index (χ2n) is 5.34. The van der Waals surface area contributed by atoms with Crippen molar-refractivity contribution in [3.63, 3.8) is 0 Å². The van der Waals surface area contributed by atoms with Gasteiger partial charge in [-0.25, -0.2) is 4.79 Å². The van der Waals surface area contributed by atoms with Gasteiger partial charge in [0.05, 0.1) is 6.21 Å². The highest BCUT2D eigenvalue weighted by molar-refractivity contribution is 6.07. The molecule has 1 aliphatic heterocycles. The third kappa shape index (κ3) is 2.43. The highest BCUT2D eigenvalue weighted by Gasteiger charge is 2.46. The van der Waals surface area contributed by atoms with Crippen LogP contribution in [0.5, 0.6) is 0 Å². The van der Waals surface area contributed by atoms with Gasteiger partial charge in [0.15, 0.2) is 0 Å². The number of imide groups is 1. The van der Waals surface area contributed by atoms with Gasteiger partial charge in [-0.15, -0.1) is 5.01 Å². The van der Waals surface area contributed by atoms with Crippen LogP contribution in [0.4, 0.5) is 4.79 Å². The summed E-state index contributed by atoms with van der Waals surface area (Å²) < 4.78 is 0. The molecule has 0 aliphatic carbocycles. The third-order valence-corrected chi connectivity index (χ3v) is 3.69. The molecule has 106 valence electrons. The van der Waals surface area contributed by atoms with Crippen molar-refractivity contribution in [2.24, 2.45) is 5.10 Å². The predicted molar refractivity (Wildman–Crippen MR) is 77.6 cm³/mol. The number of nitrogens with one attached hydrogen (secondary N) is 1. The summed E-state index contributed by atoms with van der Waals surface area (Å²) in [5.74, 6) is -0.313. The van der Waals surface area contributed by atoms with Gasteiger partial charge in [0.25, 0.3) is 5.91 Å². The summed E-state index contributed by atoms with van der Waals surface area (Å²) in [5, 5.41) is 7.62. The molecule has 0 saturated carbocycles. The molecule has 1 saturated heterocycles. The SMILES string of the molecule is CC[C@]1(C)NC(=O)N(/N=C\c2cc(C)ccc2C)C1=O. The number of hydrogen-bond acceptors (Lipinski definition) is 3. The number of nitrogens with zero attached hydrogens (tertiary/aromatic N) is 2. The first-order chi connectivity index (χ1) is 9.37. The second-order valence-corrected chi connectivity index (χ2v) is 5.34. The summed E-state index contributed by atoms with van der Waals surface area (Å²) >= 11 is 0. The van der Waals surface area contributed by atoms with Gasteiger partial charge in [0, 0.05) is 0 Å². The lowest BCUT2D eigenvalue weighted by Crippen LogP contribution is -2.42. The van der Waals surface area contributed by atoms with Gasteiger partial charge in [0.1, 0.15) is 5.54 Å². The summed E-state index contributed by atoms with van der Waals surface area (Å²) in [6, 6.07) is 5.49. The van der Waals surface area contributed by atoms with Gasteiger partial charge in [-0.2, -0.15) is 5.10 Å². The van der Waals surface area contributed by atoms with E-state index in [9.17, 15) is 9.59 Å². The van der Waals surface area contributed by atoms with Crippen LogP contribution in [0, 0.1) is 13.8 Å². The molecule has 1 aromatic rings. The number of carbonyl (C=O) groups is 2. The molecule has 0 radical (unpaired) electrons. The number of hydrogen-bond donors (Lipinski definition) is 1. The maximum Gasteiger partial charge on any atom is 0.346 e. The first kappa shape index (κ1) is 14.2. The summed E-state index contributed by atoms with van der Waals surface area (Å²) in [6.45, 7) is 7.51. The van der Waals surface area contributed by atoms with Crippen LogP contribution in [0.2, 0.25) is 0 Å². The maximum absolute atomic E-state index is 12.2. The van der Waals surface area contributed by atoms with Crippen molar-refractivity contribution in [3.8, 4) is 0 Å². The van der Waals surface area contributed by atoms with Crippen molar-refractivity contribution in [1.29, 1.82) is 0 Å². The number of aryl methyl sites for hydroxylation is 2. The molecule has 20 heavy (non-hydrogen) atoms. The molecular formula is C15H19N3O2. The van der Waals surface area contributed by atoms with Crippen LogP contribution in [0.25, 0.3) is 0 Å². The van der Waals surface area contributed by atoms with Crippen molar-refractivity contribution >= 4 is 18.2 Å². The molecule has 0 unspecified atom stereocenters. The van der Waals surface area contributed by atoms with Gasteiger partial charge < -0.3 is 5.32 Å². The molecule has 1 heterocycles. The third-order valence-electron chi connectivity index (χ3n) is 3.69. The smallest absolute Gasteiger partial charge is 0.322 e. The van der Waals surface area contributed by atoms with Gasteiger partial charge in [-0.05, 0) is 38.3 Å². The maximum atomic E-state index is 12.2. The van der Waals surface area contributed by atoms with E-state index >= 15 is 0 Å². The molecule has 3 amide bonds. The van der Waals surface area contributed by atoms with Crippen molar-refractivity contribution < 1.29 is 9.59 Å². The van der Waals surface area contributed by atoms with E-state index < -0.39 is 11.6 Å². The standard InChI is InChI=1S/C15H19N3O2/c1-5-15(4)13(19)18(14(20)17-15)16-9-12-8-10(2)6-7-11(12)3/h6-9H,5H2,1-4H3,(H,17,20)/b16-9-/t15-/m0/s1. The Hall–Kier alpha value is -2.17. The van der Waals surface area contributed by atoms with Crippen LogP contribution in [-0.4, -0.2) is 28.7 Å². The predicted octanol–water partition coefficient (Wildman–Crippen LogP) is 2.36. The second kappa shape index (κ2) is 5.07. The van der Waals surface area contributed by atoms with Crippen LogP contribution in [-0.2, 0) is 4.79 Å². The highest BCUT2D eigenvalue weighted by atomic mass is 16.2. The summed E-state index contributed by atoms with van der Waals surface area (Å²) in [5.41, 5.74) is 2.20. The van der Waals surface area contributed by atoms with Crippen LogP contribution in [0.3, 0.4) is 0 Å². The molecule has 5 nitrogen and oxygen atoms in total. The average molecular weight is 273 g/mol. The minimum atomic E-state index is -0.851. The first-order valence-corrected chi connectivity index (χ1v) is 6.65. The quantitative estimate of drug-likeness (QED) is 0.679. The lowest BCUT2D eigenvalue weighted by atomic mass is 10.00. The van der Waals surface area contributed by atoms with Crippen molar-refractivity contribution in [2.75, 3.05) is 0 Å². The van der Waals surface area contributed by atoms with E-state index in [1.807, 2.05) is 39.0 Å². The zero-order chi connectivity index (χ0) is 14.9. The summed E-state index contributed by atoms with van der Waals surface area (Å²) in [7, 11) is 0. The fourth-order valence-corrected chi connectivity index (χ4v) is 2.03. The Morgan fingerprint density at radius 1 is 1.35 bits per heavy atom. The minimum Gasteiger partial charge on any atom is -0.322 e. The average Bonchev–Trinajstić information content (AvgIpc) is 2.63. The number of benzene rings is 1. The van der Waals surface area contributed by atoms with E-state index in [2.05, 4.69) is 10.4 Å². The molecule has 0 aromatic heterocycles. The molecular weight excluding hydrogens is 254 g/mol. The fraction of sp³-hybridized carbons (Fsp3) is 0.400. The number of carbonyl (C=O) groups excluding carboxylic acids is 2. The Bertz CT molecular complexity index is 595. The fourth-order valence-electron chi connectivity index (χ4n) is 2.03. The van der Waals surface area contributed by atoms with Crippen molar-refractivity contribution in [1.82, 2.24) is 10.3 Å². The topological polar surface area (TPSA) is 61.8 Å². The molecule has 1 fully saturated rings. The van der Waals surface area contributed by atoms with Crippen LogP contribution >= 0.6 is 0 Å². The molecule has 1 aromatic carbocycles. The van der Waals surface area contributed by atoms with Crippen LogP contribution in [0.15, 0.2) is 23.3 Å². The lowest BCUT2D eigenvalue weighted by molar-refractivity contribution is -0.130. The van der Waals surface area contributed by atoms with E-state index in [-0.39, 0.29) is 5.91 Å². The van der Waals surface area contributed by atoms with Crippen LogP contribution in [0.1, 0.15) is 37.0 Å². The molecule has 1 aliphatic rings. The Kier molecular flexibility index (Phi) is 3.61. The van der Waals surface area contributed by atoms with Gasteiger partial charge in [-0.1, -0.05) is 30.7 Å². The normalized spacial score (nSPS) is 22.7. The van der Waals surface area contributed by atoms with E-state index in [4.69, 9.17) is 0 Å². The van der Waals surface area contributed by atoms with E-state index in [1.54, 1.807) is 13.1 Å². The minimum absolute atomic E-state index is 0.313. The van der Waals surface area contributed by atoms with Crippen molar-refractivity contribution in [2.45, 2.75) is 39.7 Å². The summed E-state index contributed by atoms with van der Waals surface area (Å²) in [6.07, 6.45) is 2.09. The largest absolute Gasteiger partial charge is 0.346 e. The molecule has 1 N–H and O–H groups in total. The number of rotatable bonds is 3. The van der Waals surface area contributed by atoms with E-state index in [0.717, 1.165) is 21.7 Å². The molecule has 2 rings (SSSR count). The van der Waals surface area contributed by atoms with Gasteiger partial charge >= 0.3 is 6.03 Å². The van der Waals surface area contributed by atoms with Crippen molar-refractivity contribution in [3.05, 3.63) is 34.9 Å². The van der Waals surface area contributed by atoms with Crippen LogP contribution < -0.4 is 5.32 Å². The summed E-state index contributed by atoms with van der Waals surface area (Å²) in [4.78, 5) is 24.0. The Labute approximate surface area is 118 Å². The lowest BCUT2D eigenvalue weighted by Gasteiger charge is -2.17. The van der Waals surface area contributed by atoms with Gasteiger partial charge in [0.2, 0.25) is 0 Å². The Balaban J connectivity index is 2.26. The number of hydrazone groups is 1. The Morgan fingerprint density at radius 3 is 2.65 bits per heavy atom. The zero-order valence-corrected chi connectivity index (χ0v) is 12.2.